The zero-order chi connectivity index (χ0) is 22.6. The molecule has 10 heteroatoms. The molecular formula is C21H22ClN3O5S. The minimum atomic E-state index is -3.44. The van der Waals surface area contributed by atoms with Gasteiger partial charge >= 0.3 is 0 Å². The Morgan fingerprint density at radius 3 is 2.55 bits per heavy atom. The fourth-order valence-electron chi connectivity index (χ4n) is 3.16. The fourth-order valence-corrected chi connectivity index (χ4v) is 4.05. The van der Waals surface area contributed by atoms with E-state index in [1.54, 1.807) is 17.0 Å². The molecule has 164 valence electrons. The van der Waals surface area contributed by atoms with Crippen molar-refractivity contribution in [2.24, 2.45) is 0 Å². The van der Waals surface area contributed by atoms with E-state index in [0.717, 1.165) is 12.7 Å². The smallest absolute Gasteiger partial charge is 0.255 e. The van der Waals surface area contributed by atoms with E-state index in [1.165, 1.54) is 30.3 Å². The molecule has 0 aromatic heterocycles. The number of nitrogens with zero attached hydrogens (tertiary/aromatic N) is 1. The van der Waals surface area contributed by atoms with Gasteiger partial charge in [0.1, 0.15) is 0 Å². The maximum atomic E-state index is 12.5. The van der Waals surface area contributed by atoms with Crippen LogP contribution in [0.1, 0.15) is 29.6 Å². The number of halogens is 1. The highest BCUT2D eigenvalue weighted by Crippen LogP contribution is 2.26. The molecule has 2 N–H and O–H groups in total. The SMILES string of the molecule is CS(=O)(=O)c1cccc(C(=O)Nc2ccc(NC(=O)CCN3CCCC3=O)cc2Cl)c1. The summed E-state index contributed by atoms with van der Waals surface area (Å²) in [6.45, 7) is 1.05. The number of nitrogens with one attached hydrogen (secondary N) is 2. The van der Waals surface area contributed by atoms with Gasteiger partial charge in [-0.2, -0.15) is 0 Å². The van der Waals surface area contributed by atoms with Gasteiger partial charge in [-0.3, -0.25) is 14.4 Å². The number of rotatable bonds is 7. The molecule has 0 bridgehead atoms. The quantitative estimate of drug-likeness (QED) is 0.655. The lowest BCUT2D eigenvalue weighted by molar-refractivity contribution is -0.128. The number of carbonyl (C=O) groups excluding carboxylic acids is 3. The molecule has 0 spiro atoms. The predicted molar refractivity (Wildman–Crippen MR) is 118 cm³/mol. The van der Waals surface area contributed by atoms with Crippen molar-refractivity contribution >= 4 is 50.5 Å². The minimum Gasteiger partial charge on any atom is -0.342 e. The Balaban J connectivity index is 1.61. The van der Waals surface area contributed by atoms with Crippen LogP contribution < -0.4 is 10.6 Å². The molecule has 3 amide bonds. The van der Waals surface area contributed by atoms with Crippen LogP contribution in [0.25, 0.3) is 0 Å². The van der Waals surface area contributed by atoms with Gasteiger partial charge in [-0.15, -0.1) is 0 Å². The van der Waals surface area contributed by atoms with E-state index in [2.05, 4.69) is 10.6 Å². The van der Waals surface area contributed by atoms with Crippen LogP contribution in [0.5, 0.6) is 0 Å². The lowest BCUT2D eigenvalue weighted by atomic mass is 10.2. The van der Waals surface area contributed by atoms with E-state index in [4.69, 9.17) is 11.6 Å². The Labute approximate surface area is 185 Å². The first-order valence-electron chi connectivity index (χ1n) is 9.62. The Hall–Kier alpha value is -2.91. The molecule has 0 unspecified atom stereocenters. The molecule has 1 heterocycles. The molecule has 31 heavy (non-hydrogen) atoms. The van der Waals surface area contributed by atoms with Crippen LogP contribution in [-0.4, -0.2) is 50.4 Å². The number of hydrogen-bond acceptors (Lipinski definition) is 5. The average Bonchev–Trinajstić information content (AvgIpc) is 3.12. The summed E-state index contributed by atoms with van der Waals surface area (Å²) in [5.41, 5.74) is 0.949. The summed E-state index contributed by atoms with van der Waals surface area (Å²) in [5, 5.41) is 5.56. The second kappa shape index (κ2) is 9.49. The van der Waals surface area contributed by atoms with Gasteiger partial charge in [0.05, 0.1) is 15.6 Å². The van der Waals surface area contributed by atoms with Crippen molar-refractivity contribution in [1.82, 2.24) is 4.90 Å². The van der Waals surface area contributed by atoms with Gasteiger partial charge in [0.25, 0.3) is 5.91 Å². The number of carbonyl (C=O) groups is 3. The topological polar surface area (TPSA) is 113 Å². The molecule has 0 aliphatic carbocycles. The third-order valence-electron chi connectivity index (χ3n) is 4.81. The Morgan fingerprint density at radius 1 is 1.13 bits per heavy atom. The van der Waals surface area contributed by atoms with Crippen LogP contribution in [-0.2, 0) is 19.4 Å². The van der Waals surface area contributed by atoms with Gasteiger partial charge in [0.15, 0.2) is 9.84 Å². The van der Waals surface area contributed by atoms with Crippen molar-refractivity contribution in [3.8, 4) is 0 Å². The van der Waals surface area contributed by atoms with E-state index >= 15 is 0 Å². The largest absolute Gasteiger partial charge is 0.342 e. The maximum absolute atomic E-state index is 12.5. The van der Waals surface area contributed by atoms with E-state index in [9.17, 15) is 22.8 Å². The Kier molecular flexibility index (Phi) is 6.97. The first-order valence-corrected chi connectivity index (χ1v) is 11.9. The molecule has 0 saturated carbocycles. The second-order valence-electron chi connectivity index (χ2n) is 7.23. The molecule has 0 radical (unpaired) electrons. The first kappa shape index (κ1) is 22.8. The molecule has 1 fully saturated rings. The van der Waals surface area contributed by atoms with Crippen molar-refractivity contribution < 1.29 is 22.8 Å². The van der Waals surface area contributed by atoms with E-state index in [0.29, 0.717) is 30.9 Å². The summed E-state index contributed by atoms with van der Waals surface area (Å²) < 4.78 is 23.4. The van der Waals surface area contributed by atoms with Crippen molar-refractivity contribution in [1.29, 1.82) is 0 Å². The molecule has 1 aliphatic rings. The summed E-state index contributed by atoms with van der Waals surface area (Å²) in [7, 11) is -3.44. The van der Waals surface area contributed by atoms with Crippen LogP contribution in [0.15, 0.2) is 47.4 Å². The highest BCUT2D eigenvalue weighted by Gasteiger charge is 2.20. The zero-order valence-electron chi connectivity index (χ0n) is 16.9. The molecule has 3 rings (SSSR count). The van der Waals surface area contributed by atoms with Gasteiger partial charge < -0.3 is 15.5 Å². The molecule has 0 atom stereocenters. The van der Waals surface area contributed by atoms with Gasteiger partial charge in [-0.1, -0.05) is 17.7 Å². The van der Waals surface area contributed by atoms with Crippen molar-refractivity contribution in [2.75, 3.05) is 30.0 Å². The standard InChI is InChI=1S/C21H22ClN3O5S/c1-31(29,30)16-5-2-4-14(12-16)21(28)24-18-8-7-15(13-17(18)22)23-19(26)9-11-25-10-3-6-20(25)27/h2,4-5,7-8,12-13H,3,6,9-11H2,1H3,(H,23,26)(H,24,28). The van der Waals surface area contributed by atoms with Crippen LogP contribution in [0, 0.1) is 0 Å². The third kappa shape index (κ3) is 6.05. The number of benzene rings is 2. The highest BCUT2D eigenvalue weighted by molar-refractivity contribution is 7.90. The van der Waals surface area contributed by atoms with E-state index in [-0.39, 0.29) is 33.7 Å². The van der Waals surface area contributed by atoms with E-state index < -0.39 is 15.7 Å². The van der Waals surface area contributed by atoms with Crippen molar-refractivity contribution in [3.05, 3.63) is 53.1 Å². The minimum absolute atomic E-state index is 0.0416. The molecule has 2 aromatic carbocycles. The number of amides is 3. The van der Waals surface area contributed by atoms with Gasteiger partial charge in [-0.05, 0) is 42.8 Å². The third-order valence-corrected chi connectivity index (χ3v) is 6.23. The summed E-state index contributed by atoms with van der Waals surface area (Å²) in [6.07, 6.45) is 2.60. The lowest BCUT2D eigenvalue weighted by Gasteiger charge is -2.15. The van der Waals surface area contributed by atoms with Crippen LogP contribution in [0.4, 0.5) is 11.4 Å². The van der Waals surface area contributed by atoms with Gasteiger partial charge in [-0.25, -0.2) is 8.42 Å². The Bertz CT molecular complexity index is 1130. The molecule has 1 aliphatic heterocycles. The number of likely N-dealkylation sites (tertiary alicyclic amines) is 1. The van der Waals surface area contributed by atoms with Crippen LogP contribution in [0.2, 0.25) is 5.02 Å². The fraction of sp³-hybridized carbons (Fsp3) is 0.286. The number of anilines is 2. The number of hydrogen-bond donors (Lipinski definition) is 2. The van der Waals surface area contributed by atoms with Crippen molar-refractivity contribution in [2.45, 2.75) is 24.2 Å². The predicted octanol–water partition coefficient (Wildman–Crippen LogP) is 2.95. The summed E-state index contributed by atoms with van der Waals surface area (Å²) in [5.74, 6) is -0.692. The van der Waals surface area contributed by atoms with Crippen LogP contribution in [0.3, 0.4) is 0 Å². The van der Waals surface area contributed by atoms with E-state index in [1.807, 2.05) is 0 Å². The summed E-state index contributed by atoms with van der Waals surface area (Å²) >= 11 is 6.23. The van der Waals surface area contributed by atoms with Gasteiger partial charge in [0, 0.05) is 43.4 Å². The summed E-state index contributed by atoms with van der Waals surface area (Å²) in [6, 6.07) is 10.3. The lowest BCUT2D eigenvalue weighted by Crippen LogP contribution is -2.28. The van der Waals surface area contributed by atoms with Crippen LogP contribution >= 0.6 is 11.6 Å². The number of sulfone groups is 1. The molecule has 1 saturated heterocycles. The monoisotopic (exact) mass is 463 g/mol. The summed E-state index contributed by atoms with van der Waals surface area (Å²) in [4.78, 5) is 37.9. The Morgan fingerprint density at radius 2 is 1.90 bits per heavy atom. The normalized spacial score (nSPS) is 13.9. The second-order valence-corrected chi connectivity index (χ2v) is 9.65. The van der Waals surface area contributed by atoms with Crippen molar-refractivity contribution in [3.63, 3.8) is 0 Å². The average molecular weight is 464 g/mol. The molecule has 8 nitrogen and oxygen atoms in total. The zero-order valence-corrected chi connectivity index (χ0v) is 18.4. The molecule has 2 aromatic rings. The first-order chi connectivity index (χ1) is 14.6. The maximum Gasteiger partial charge on any atom is 0.255 e. The molecular weight excluding hydrogens is 442 g/mol. The van der Waals surface area contributed by atoms with Gasteiger partial charge in [0.2, 0.25) is 11.8 Å². The highest BCUT2D eigenvalue weighted by atomic mass is 35.5.